The predicted molar refractivity (Wildman–Crippen MR) is 227 cm³/mol. The Bertz CT molecular complexity index is 1680. The predicted octanol–water partition coefficient (Wildman–Crippen LogP) is 5.60. The molecule has 1 unspecified atom stereocenters. The summed E-state index contributed by atoms with van der Waals surface area (Å²) in [5.74, 6) is -2.10. The highest BCUT2D eigenvalue weighted by atomic mass is 16.7. The summed E-state index contributed by atoms with van der Waals surface area (Å²) >= 11 is 0. The summed E-state index contributed by atoms with van der Waals surface area (Å²) in [4.78, 5) is 14.4. The zero-order valence-electron chi connectivity index (χ0n) is 38.5. The molecule has 5 fully saturated rings. The van der Waals surface area contributed by atoms with Crippen LogP contribution < -0.4 is 0 Å². The maximum Gasteiger partial charge on any atom is 0.316 e. The van der Waals surface area contributed by atoms with E-state index in [0.29, 0.717) is 61.5 Å². The van der Waals surface area contributed by atoms with Crippen LogP contribution in [0.5, 0.6) is 0 Å². The number of fused-ring (bicyclic) bond motifs is 2. The summed E-state index contributed by atoms with van der Waals surface area (Å²) in [6.07, 6.45) is 6.53. The van der Waals surface area contributed by atoms with Crippen LogP contribution in [0.15, 0.2) is 47.1 Å². The van der Waals surface area contributed by atoms with Crippen LogP contribution in [0.25, 0.3) is 0 Å². The molecule has 14 heteroatoms. The highest BCUT2D eigenvalue weighted by Crippen LogP contribution is 2.48. The molecule has 20 atom stereocenters. The normalized spacial score (nSPS) is 49.4. The molecule has 6 heterocycles. The molecule has 0 aromatic rings. The van der Waals surface area contributed by atoms with Crippen LogP contribution in [0.4, 0.5) is 0 Å². The summed E-state index contributed by atoms with van der Waals surface area (Å²) in [5, 5.41) is 34.2. The number of rotatable bonds is 8. The van der Waals surface area contributed by atoms with Crippen LogP contribution in [0.1, 0.15) is 107 Å². The van der Waals surface area contributed by atoms with E-state index >= 15 is 0 Å². The fraction of sp³-hybridized carbons (Fsp3) is 0.812. The molecule has 1 aliphatic carbocycles. The molecule has 0 aromatic carbocycles. The van der Waals surface area contributed by atoms with Gasteiger partial charge in [-0.1, -0.05) is 64.5 Å². The maximum absolute atomic E-state index is 14.4. The molecule has 7 aliphatic rings. The zero-order chi connectivity index (χ0) is 44.7. The second-order valence-corrected chi connectivity index (χ2v) is 19.4. The third kappa shape index (κ3) is 9.73. The summed E-state index contributed by atoms with van der Waals surface area (Å²) < 4.78 is 63.9. The molecule has 0 amide bonds. The van der Waals surface area contributed by atoms with E-state index in [9.17, 15) is 20.1 Å². The van der Waals surface area contributed by atoms with E-state index in [1.165, 1.54) is 0 Å². The summed E-state index contributed by atoms with van der Waals surface area (Å²) in [6, 6.07) is 0. The molecule has 14 nitrogen and oxygen atoms in total. The highest BCUT2D eigenvalue weighted by molar-refractivity contribution is 5.78. The van der Waals surface area contributed by atoms with Crippen LogP contribution in [0, 0.1) is 23.7 Å². The van der Waals surface area contributed by atoms with Gasteiger partial charge in [0.05, 0.1) is 49.3 Å². The fourth-order valence-corrected chi connectivity index (χ4v) is 11.0. The average Bonchev–Trinajstić information content (AvgIpc) is 3.58. The standard InChI is InChI=1S/C48H74O14/c1-11-25(2)43-28(5)17-18-47(62-43)23-34-20-33(61-47)16-15-27(4)42(26(3)13-12-14-32-24-55-45-40(49)29(6)19-35(46(51)58-34)48(32,45)52)59-39-22-37(54-10)44(31(8)57-39)60-38-21-36(53-9)41(50)30(7)56-38/h12-15,19,25-26,28,30-31,33-45,49-50,52H,11,16-18,20-24H2,1-10H3/b13-12+,27-15+,32-14+/t25-,26-,28-,30-,31-,33+,34-,35-,36-,37-,38-,39-,40+,41-,42-,43+,44-,45+,47+,48?/m0/s1. The molecule has 62 heavy (non-hydrogen) atoms. The molecule has 6 aliphatic heterocycles. The zero-order valence-corrected chi connectivity index (χ0v) is 38.5. The van der Waals surface area contributed by atoms with Gasteiger partial charge >= 0.3 is 5.97 Å². The van der Waals surface area contributed by atoms with Gasteiger partial charge in [-0.25, -0.2) is 0 Å². The Morgan fingerprint density at radius 3 is 2.35 bits per heavy atom. The third-order valence-corrected chi connectivity index (χ3v) is 14.9. The fourth-order valence-electron chi connectivity index (χ4n) is 11.0. The van der Waals surface area contributed by atoms with Crippen molar-refractivity contribution in [1.29, 1.82) is 0 Å². The highest BCUT2D eigenvalue weighted by Gasteiger charge is 2.60. The van der Waals surface area contributed by atoms with Crippen LogP contribution in [0.2, 0.25) is 0 Å². The van der Waals surface area contributed by atoms with Gasteiger partial charge in [-0.15, -0.1) is 0 Å². The van der Waals surface area contributed by atoms with Gasteiger partial charge in [-0.05, 0) is 69.1 Å². The van der Waals surface area contributed by atoms with Gasteiger partial charge < -0.3 is 62.7 Å². The molecule has 0 aromatic heterocycles. The van der Waals surface area contributed by atoms with Gasteiger partial charge in [0, 0.05) is 52.2 Å². The largest absolute Gasteiger partial charge is 0.462 e. The minimum atomic E-state index is -1.82. The van der Waals surface area contributed by atoms with Gasteiger partial charge in [0.25, 0.3) is 0 Å². The van der Waals surface area contributed by atoms with Crippen LogP contribution in [0.3, 0.4) is 0 Å². The Hall–Kier alpha value is -2.05. The molecule has 1 spiro atoms. The van der Waals surface area contributed by atoms with E-state index in [1.807, 2.05) is 19.1 Å². The Labute approximate surface area is 368 Å². The lowest BCUT2D eigenvalue weighted by Crippen LogP contribution is -2.58. The summed E-state index contributed by atoms with van der Waals surface area (Å²) in [5.41, 5.74) is 0.188. The van der Waals surface area contributed by atoms with Crippen molar-refractivity contribution >= 4 is 5.97 Å². The lowest BCUT2D eigenvalue weighted by Gasteiger charge is -2.51. The Kier molecular flexibility index (Phi) is 15.3. The number of carbonyl (C=O) groups excluding carboxylic acids is 1. The smallest absolute Gasteiger partial charge is 0.316 e. The number of hydrogen-bond donors (Lipinski definition) is 3. The number of allylic oxidation sites excluding steroid dienone is 2. The van der Waals surface area contributed by atoms with E-state index < -0.39 is 90.8 Å². The lowest BCUT2D eigenvalue weighted by molar-refractivity contribution is -0.340. The van der Waals surface area contributed by atoms with E-state index in [4.69, 9.17) is 47.4 Å². The third-order valence-electron chi connectivity index (χ3n) is 14.9. The molecular weight excluding hydrogens is 801 g/mol. The first-order valence-electron chi connectivity index (χ1n) is 23.2. The number of esters is 1. The molecule has 3 N–H and O–H groups in total. The summed E-state index contributed by atoms with van der Waals surface area (Å²) in [6.45, 7) is 16.3. The minimum Gasteiger partial charge on any atom is -0.462 e. The molecule has 7 rings (SSSR count). The lowest BCUT2D eigenvalue weighted by atomic mass is 9.71. The van der Waals surface area contributed by atoms with Crippen molar-refractivity contribution in [2.75, 3.05) is 20.8 Å². The van der Waals surface area contributed by atoms with Gasteiger partial charge in [0.2, 0.25) is 0 Å². The van der Waals surface area contributed by atoms with Crippen LogP contribution >= 0.6 is 0 Å². The number of aliphatic hydroxyl groups is 3. The quantitative estimate of drug-likeness (QED) is 0.204. The van der Waals surface area contributed by atoms with Crippen molar-refractivity contribution in [3.63, 3.8) is 0 Å². The first kappa shape index (κ1) is 47.9. The number of ether oxygens (including phenoxy) is 10. The van der Waals surface area contributed by atoms with Crippen molar-refractivity contribution in [1.82, 2.24) is 0 Å². The molecule has 350 valence electrons. The molecule has 5 saturated heterocycles. The monoisotopic (exact) mass is 875 g/mol. The van der Waals surface area contributed by atoms with Crippen molar-refractivity contribution in [2.45, 2.75) is 204 Å². The SMILES string of the molecule is CC[C@H](C)[C@H]1O[C@]2(CC[C@@H]1C)C[C@@H]1C[C@@H](C/C=C(\C)[C@@H](O[C@H]3C[C@H](OC)[C@@H](O[C@H]4C[C@H](OC)[C@@H](O)[C@H](C)O4)[C@H](C)O3)[C@@H](C)/C=C/C=C3\CO[C@@H]4[C@H](O)C(C)=C[C@@H](C(=O)O1)C34O)O2. The van der Waals surface area contributed by atoms with Crippen molar-refractivity contribution in [2.24, 2.45) is 23.7 Å². The van der Waals surface area contributed by atoms with Gasteiger partial charge in [-0.3, -0.25) is 4.79 Å². The first-order chi connectivity index (χ1) is 29.5. The Morgan fingerprint density at radius 1 is 0.919 bits per heavy atom. The van der Waals surface area contributed by atoms with Crippen molar-refractivity contribution in [3.8, 4) is 0 Å². The van der Waals surface area contributed by atoms with Gasteiger partial charge in [0.15, 0.2) is 18.4 Å². The molecule has 0 saturated carbocycles. The average molecular weight is 875 g/mol. The van der Waals surface area contributed by atoms with Crippen molar-refractivity contribution in [3.05, 3.63) is 47.1 Å². The Balaban J connectivity index is 1.18. The molecule has 2 bridgehead atoms. The van der Waals surface area contributed by atoms with Crippen molar-refractivity contribution < 1.29 is 67.5 Å². The van der Waals surface area contributed by atoms with E-state index in [0.717, 1.165) is 18.4 Å². The minimum absolute atomic E-state index is 0.00708. The summed E-state index contributed by atoms with van der Waals surface area (Å²) in [7, 11) is 3.23. The van der Waals surface area contributed by atoms with Gasteiger partial charge in [-0.2, -0.15) is 0 Å². The van der Waals surface area contributed by atoms with Gasteiger partial charge in [0.1, 0.15) is 42.0 Å². The number of aliphatic hydroxyl groups excluding tert-OH is 2. The van der Waals surface area contributed by atoms with Crippen LogP contribution in [-0.4, -0.2) is 139 Å². The second kappa shape index (κ2) is 19.8. The van der Waals surface area contributed by atoms with E-state index in [-0.39, 0.29) is 30.8 Å². The van der Waals surface area contributed by atoms with E-state index in [2.05, 4.69) is 40.7 Å². The van der Waals surface area contributed by atoms with Crippen LogP contribution in [-0.2, 0) is 52.2 Å². The molecular formula is C48H74O14. The van der Waals surface area contributed by atoms with E-state index in [1.54, 1.807) is 40.2 Å². The topological polar surface area (TPSA) is 170 Å². The Morgan fingerprint density at radius 2 is 1.63 bits per heavy atom. The maximum atomic E-state index is 14.4. The number of hydrogen-bond acceptors (Lipinski definition) is 14. The second-order valence-electron chi connectivity index (χ2n) is 19.4. The number of methoxy groups -OCH3 is 2. The molecule has 0 radical (unpaired) electrons. The first-order valence-corrected chi connectivity index (χ1v) is 23.2. The number of carbonyl (C=O) groups is 1.